The number of carbonyl (C=O) groups is 1. The van der Waals surface area contributed by atoms with Gasteiger partial charge in [0.2, 0.25) is 0 Å². The molecule has 4 N–H and O–H groups in total. The van der Waals surface area contributed by atoms with Crippen LogP contribution in [0.2, 0.25) is 0 Å². The highest BCUT2D eigenvalue weighted by Crippen LogP contribution is 2.29. The molecule has 0 aliphatic rings. The topological polar surface area (TPSA) is 69.1 Å². The third-order valence-corrected chi connectivity index (χ3v) is 3.83. The van der Waals surface area contributed by atoms with Crippen LogP contribution in [0.4, 0.5) is 10.1 Å². The van der Waals surface area contributed by atoms with Gasteiger partial charge in [-0.05, 0) is 44.6 Å². The molecule has 0 radical (unpaired) electrons. The first kappa shape index (κ1) is 10.7. The molecule has 0 aliphatic heterocycles. The van der Waals surface area contributed by atoms with Gasteiger partial charge in [0.25, 0.3) is 5.91 Å². The molecule has 0 unspecified atom stereocenters. The highest BCUT2D eigenvalue weighted by molar-refractivity contribution is 14.1. The van der Waals surface area contributed by atoms with Gasteiger partial charge in [0.05, 0.1) is 15.7 Å². The molecule has 0 fully saturated rings. The van der Waals surface area contributed by atoms with Crippen molar-refractivity contribution in [2.75, 3.05) is 5.73 Å². The third-order valence-electron chi connectivity index (χ3n) is 1.47. The van der Waals surface area contributed by atoms with Crippen LogP contribution >= 0.6 is 38.5 Å². The van der Waals surface area contributed by atoms with E-state index >= 15 is 0 Å². The molecule has 13 heavy (non-hydrogen) atoms. The summed E-state index contributed by atoms with van der Waals surface area (Å²) in [6, 6.07) is 1.44. The SMILES string of the molecule is NC(=O)c1cc(I)c(Br)c(F)c1N. The number of halogens is 3. The highest BCUT2D eigenvalue weighted by Gasteiger charge is 2.15. The van der Waals surface area contributed by atoms with Crippen LogP contribution in [0.5, 0.6) is 0 Å². The van der Waals surface area contributed by atoms with Crippen LogP contribution in [0.15, 0.2) is 10.5 Å². The molecule has 0 heterocycles. The first-order chi connectivity index (χ1) is 5.95. The molecule has 1 aromatic carbocycles. The summed E-state index contributed by atoms with van der Waals surface area (Å²) in [7, 11) is 0. The Kier molecular flexibility index (Phi) is 3.12. The zero-order valence-electron chi connectivity index (χ0n) is 6.27. The van der Waals surface area contributed by atoms with Gasteiger partial charge in [-0.25, -0.2) is 4.39 Å². The van der Waals surface area contributed by atoms with Gasteiger partial charge in [-0.15, -0.1) is 0 Å². The average molecular weight is 359 g/mol. The molecule has 0 aliphatic carbocycles. The Morgan fingerprint density at radius 2 is 2.15 bits per heavy atom. The van der Waals surface area contributed by atoms with Gasteiger partial charge in [0.1, 0.15) is 0 Å². The summed E-state index contributed by atoms with van der Waals surface area (Å²) < 4.78 is 14.0. The average Bonchev–Trinajstić information content (AvgIpc) is 2.07. The molecule has 1 amide bonds. The molecule has 0 atom stereocenters. The van der Waals surface area contributed by atoms with Crippen molar-refractivity contribution in [3.63, 3.8) is 0 Å². The van der Waals surface area contributed by atoms with Crippen LogP contribution in [0.1, 0.15) is 10.4 Å². The molecule has 3 nitrogen and oxygen atoms in total. The standard InChI is InChI=1S/C7H5BrFIN2O/c8-4-3(10)1-2(7(12)13)6(11)5(4)9/h1H,11H2,(H2,12,13). The summed E-state index contributed by atoms with van der Waals surface area (Å²) >= 11 is 4.87. The van der Waals surface area contributed by atoms with Gasteiger partial charge in [0.15, 0.2) is 5.82 Å². The summed E-state index contributed by atoms with van der Waals surface area (Å²) in [5, 5.41) is 0. The Hall–Kier alpha value is -0.370. The second-order valence-corrected chi connectivity index (χ2v) is 4.27. The quantitative estimate of drug-likeness (QED) is 0.457. The second kappa shape index (κ2) is 3.79. The van der Waals surface area contributed by atoms with Gasteiger partial charge >= 0.3 is 0 Å². The van der Waals surface area contributed by atoms with E-state index in [4.69, 9.17) is 11.5 Å². The molecular weight excluding hydrogens is 354 g/mol. The minimum Gasteiger partial charge on any atom is -0.396 e. The van der Waals surface area contributed by atoms with Crippen LogP contribution < -0.4 is 11.5 Å². The van der Waals surface area contributed by atoms with Crippen LogP contribution in [0, 0.1) is 9.39 Å². The minimum absolute atomic E-state index is 0.00472. The van der Waals surface area contributed by atoms with Gasteiger partial charge in [-0.1, -0.05) is 0 Å². The number of primary amides is 1. The van der Waals surface area contributed by atoms with Crippen LogP contribution in [-0.2, 0) is 0 Å². The number of hydrogen-bond donors (Lipinski definition) is 2. The lowest BCUT2D eigenvalue weighted by molar-refractivity contribution is 0.100. The van der Waals surface area contributed by atoms with Crippen LogP contribution in [-0.4, -0.2) is 5.91 Å². The molecule has 0 aromatic heterocycles. The Balaban J connectivity index is 3.50. The number of benzene rings is 1. The number of carbonyl (C=O) groups excluding carboxylic acids is 1. The van der Waals surface area contributed by atoms with E-state index in [1.54, 1.807) is 0 Å². The Bertz CT molecular complexity index is 383. The van der Waals surface area contributed by atoms with E-state index in [-0.39, 0.29) is 15.7 Å². The minimum atomic E-state index is -0.734. The van der Waals surface area contributed by atoms with Crippen LogP contribution in [0.25, 0.3) is 0 Å². The zero-order chi connectivity index (χ0) is 10.2. The summed E-state index contributed by atoms with van der Waals surface area (Å²) in [4.78, 5) is 10.8. The van der Waals surface area contributed by atoms with Crippen molar-refractivity contribution in [2.45, 2.75) is 0 Å². The Morgan fingerprint density at radius 3 is 2.62 bits per heavy atom. The van der Waals surface area contributed by atoms with E-state index in [1.165, 1.54) is 6.07 Å². The lowest BCUT2D eigenvalue weighted by Gasteiger charge is -2.06. The van der Waals surface area contributed by atoms with Crippen molar-refractivity contribution >= 4 is 50.1 Å². The fourth-order valence-electron chi connectivity index (χ4n) is 0.813. The molecular formula is C7H5BrFIN2O. The van der Waals surface area contributed by atoms with E-state index in [0.717, 1.165) is 0 Å². The summed E-state index contributed by atoms with van der Waals surface area (Å²) in [6.45, 7) is 0. The maximum Gasteiger partial charge on any atom is 0.250 e. The Labute approximate surface area is 95.9 Å². The molecule has 0 bridgehead atoms. The fraction of sp³-hybridized carbons (Fsp3) is 0. The number of rotatable bonds is 1. The summed E-state index contributed by atoms with van der Waals surface area (Å²) in [6.07, 6.45) is 0. The maximum absolute atomic E-state index is 13.2. The van der Waals surface area contributed by atoms with Gasteiger partial charge in [0, 0.05) is 3.57 Å². The molecule has 6 heteroatoms. The van der Waals surface area contributed by atoms with Crippen molar-refractivity contribution < 1.29 is 9.18 Å². The number of hydrogen-bond acceptors (Lipinski definition) is 2. The lowest BCUT2D eigenvalue weighted by atomic mass is 10.1. The monoisotopic (exact) mass is 358 g/mol. The summed E-state index contributed by atoms with van der Waals surface area (Å²) in [5.41, 5.74) is 10.1. The van der Waals surface area contributed by atoms with Crippen molar-refractivity contribution in [3.05, 3.63) is 25.5 Å². The van der Waals surface area contributed by atoms with Gasteiger partial charge in [-0.2, -0.15) is 0 Å². The van der Waals surface area contributed by atoms with E-state index in [0.29, 0.717) is 3.57 Å². The summed E-state index contributed by atoms with van der Waals surface area (Å²) in [5.74, 6) is -1.39. The largest absolute Gasteiger partial charge is 0.396 e. The number of nitrogens with two attached hydrogens (primary N) is 2. The number of anilines is 1. The molecule has 1 rings (SSSR count). The smallest absolute Gasteiger partial charge is 0.250 e. The highest BCUT2D eigenvalue weighted by atomic mass is 127. The predicted octanol–water partition coefficient (Wildman–Crippen LogP) is 1.87. The fourth-order valence-corrected chi connectivity index (χ4v) is 1.69. The zero-order valence-corrected chi connectivity index (χ0v) is 10.0. The number of nitrogen functional groups attached to an aromatic ring is 1. The van der Waals surface area contributed by atoms with Crippen LogP contribution in [0.3, 0.4) is 0 Å². The van der Waals surface area contributed by atoms with E-state index < -0.39 is 11.7 Å². The molecule has 0 saturated carbocycles. The van der Waals surface area contributed by atoms with E-state index in [2.05, 4.69) is 15.9 Å². The second-order valence-electron chi connectivity index (χ2n) is 2.31. The molecule has 1 aromatic rings. The number of amides is 1. The lowest BCUT2D eigenvalue weighted by Crippen LogP contribution is -2.15. The molecule has 0 saturated heterocycles. The maximum atomic E-state index is 13.2. The van der Waals surface area contributed by atoms with Crippen molar-refractivity contribution in [2.24, 2.45) is 5.73 Å². The third kappa shape index (κ3) is 1.93. The first-order valence-electron chi connectivity index (χ1n) is 3.18. The first-order valence-corrected chi connectivity index (χ1v) is 5.05. The van der Waals surface area contributed by atoms with E-state index in [9.17, 15) is 9.18 Å². The normalized spacial score (nSPS) is 10.1. The Morgan fingerprint density at radius 1 is 1.62 bits per heavy atom. The van der Waals surface area contributed by atoms with Crippen molar-refractivity contribution in [3.8, 4) is 0 Å². The molecule has 70 valence electrons. The van der Waals surface area contributed by atoms with Gasteiger partial charge < -0.3 is 11.5 Å². The van der Waals surface area contributed by atoms with Crippen molar-refractivity contribution in [1.29, 1.82) is 0 Å². The predicted molar refractivity (Wildman–Crippen MR) is 59.7 cm³/mol. The van der Waals surface area contributed by atoms with E-state index in [1.807, 2.05) is 22.6 Å². The molecule has 0 spiro atoms. The van der Waals surface area contributed by atoms with Crippen molar-refractivity contribution in [1.82, 2.24) is 0 Å². The van der Waals surface area contributed by atoms with Gasteiger partial charge in [-0.3, -0.25) is 4.79 Å².